The van der Waals surface area contributed by atoms with Crippen molar-refractivity contribution in [2.24, 2.45) is 0 Å². The quantitative estimate of drug-likeness (QED) is 0.695. The molecule has 1 aliphatic rings. The second-order valence-corrected chi connectivity index (χ2v) is 4.15. The summed E-state index contributed by atoms with van der Waals surface area (Å²) >= 11 is 0. The molecule has 2 rings (SSSR count). The van der Waals surface area contributed by atoms with Gasteiger partial charge in [0.25, 0.3) is 0 Å². The summed E-state index contributed by atoms with van der Waals surface area (Å²) in [6.07, 6.45) is 9.25. The largest absolute Gasteiger partial charge is 0.391 e. The van der Waals surface area contributed by atoms with Crippen LogP contribution in [-0.4, -0.2) is 20.8 Å². The van der Waals surface area contributed by atoms with Crippen molar-refractivity contribution in [3.8, 4) is 0 Å². The van der Waals surface area contributed by atoms with E-state index in [0.717, 1.165) is 25.1 Å². The highest BCUT2D eigenvalue weighted by atomic mass is 16.3. The van der Waals surface area contributed by atoms with Crippen molar-refractivity contribution in [2.45, 2.75) is 51.2 Å². The molecule has 0 saturated heterocycles. The molecule has 0 aromatic carbocycles. The van der Waals surface area contributed by atoms with Gasteiger partial charge >= 0.3 is 0 Å². The van der Waals surface area contributed by atoms with Gasteiger partial charge in [-0.05, 0) is 19.8 Å². The number of aliphatic hydroxyl groups is 1. The lowest BCUT2D eigenvalue weighted by molar-refractivity contribution is 0.104. The molecule has 1 aromatic rings. The fourth-order valence-corrected chi connectivity index (χ4v) is 2.33. The van der Waals surface area contributed by atoms with Crippen LogP contribution < -0.4 is 0 Å². The Labute approximate surface area is 84.8 Å². The number of hydrogen-bond donors (Lipinski definition) is 1. The first-order valence-corrected chi connectivity index (χ1v) is 5.46. The third-order valence-electron chi connectivity index (χ3n) is 3.16. The van der Waals surface area contributed by atoms with E-state index in [9.17, 15) is 5.11 Å². The molecule has 0 amide bonds. The smallest absolute Gasteiger partial charge is 0.105 e. The van der Waals surface area contributed by atoms with Crippen LogP contribution >= 0.6 is 0 Å². The molecule has 3 nitrogen and oxygen atoms in total. The second-order valence-electron chi connectivity index (χ2n) is 4.15. The van der Waals surface area contributed by atoms with Gasteiger partial charge in [0.15, 0.2) is 0 Å². The van der Waals surface area contributed by atoms with E-state index in [1.807, 2.05) is 19.3 Å². The van der Waals surface area contributed by atoms with E-state index in [2.05, 4.69) is 9.55 Å². The Kier molecular flexibility index (Phi) is 2.87. The third kappa shape index (κ3) is 1.82. The monoisotopic (exact) mass is 194 g/mol. The van der Waals surface area contributed by atoms with Crippen molar-refractivity contribution in [1.82, 2.24) is 9.55 Å². The minimum atomic E-state index is -0.189. The third-order valence-corrected chi connectivity index (χ3v) is 3.16. The Morgan fingerprint density at radius 3 is 2.86 bits per heavy atom. The van der Waals surface area contributed by atoms with Crippen LogP contribution in [0.1, 0.15) is 44.0 Å². The van der Waals surface area contributed by atoms with Crippen LogP contribution in [-0.2, 0) is 0 Å². The van der Waals surface area contributed by atoms with E-state index in [1.165, 1.54) is 12.8 Å². The van der Waals surface area contributed by atoms with Gasteiger partial charge in [-0.15, -0.1) is 0 Å². The summed E-state index contributed by atoms with van der Waals surface area (Å²) < 4.78 is 2.12. The summed E-state index contributed by atoms with van der Waals surface area (Å²) in [5.41, 5.74) is 0. The number of aromatic nitrogens is 2. The van der Waals surface area contributed by atoms with E-state index in [0.29, 0.717) is 0 Å². The zero-order valence-electron chi connectivity index (χ0n) is 8.69. The van der Waals surface area contributed by atoms with Gasteiger partial charge in [-0.3, -0.25) is 0 Å². The van der Waals surface area contributed by atoms with Crippen LogP contribution in [0.4, 0.5) is 0 Å². The van der Waals surface area contributed by atoms with Crippen LogP contribution in [0.25, 0.3) is 0 Å². The minimum Gasteiger partial charge on any atom is -0.391 e. The number of nitrogens with zero attached hydrogens (tertiary/aromatic N) is 2. The van der Waals surface area contributed by atoms with Crippen molar-refractivity contribution in [3.63, 3.8) is 0 Å². The molecule has 0 bridgehead atoms. The lowest BCUT2D eigenvalue weighted by atomic mass is 10.1. The predicted molar refractivity (Wildman–Crippen MR) is 55.1 cm³/mol. The SMILES string of the molecule is Cc1nccn1C1CCCCCC1O. The lowest BCUT2D eigenvalue weighted by Gasteiger charge is -2.22. The Balaban J connectivity index is 2.19. The van der Waals surface area contributed by atoms with Crippen LogP contribution in [0.3, 0.4) is 0 Å². The highest BCUT2D eigenvalue weighted by Crippen LogP contribution is 2.28. The van der Waals surface area contributed by atoms with Gasteiger partial charge in [-0.25, -0.2) is 4.98 Å². The lowest BCUT2D eigenvalue weighted by Crippen LogP contribution is -2.23. The zero-order valence-corrected chi connectivity index (χ0v) is 8.69. The van der Waals surface area contributed by atoms with Gasteiger partial charge in [0.05, 0.1) is 12.1 Å². The zero-order chi connectivity index (χ0) is 9.97. The molecule has 0 radical (unpaired) electrons. The van der Waals surface area contributed by atoms with Crippen molar-refractivity contribution >= 4 is 0 Å². The highest BCUT2D eigenvalue weighted by molar-refractivity contribution is 4.94. The number of aryl methyl sites for hydroxylation is 1. The summed E-state index contributed by atoms with van der Waals surface area (Å²) in [4.78, 5) is 4.21. The molecule has 1 aromatic heterocycles. The Hall–Kier alpha value is -0.830. The standard InChI is InChI=1S/C11H18N2O/c1-9-12-7-8-13(9)10-5-3-2-4-6-11(10)14/h7-8,10-11,14H,2-6H2,1H3. The fraction of sp³-hybridized carbons (Fsp3) is 0.727. The molecule has 78 valence electrons. The molecule has 0 aliphatic heterocycles. The van der Waals surface area contributed by atoms with E-state index >= 15 is 0 Å². The molecule has 3 heteroatoms. The van der Waals surface area contributed by atoms with E-state index in [4.69, 9.17) is 0 Å². The molecular weight excluding hydrogens is 176 g/mol. The Morgan fingerprint density at radius 2 is 2.14 bits per heavy atom. The summed E-state index contributed by atoms with van der Waals surface area (Å²) in [5.74, 6) is 1.01. The molecule has 1 fully saturated rings. The Morgan fingerprint density at radius 1 is 1.36 bits per heavy atom. The second kappa shape index (κ2) is 4.13. The molecule has 1 aliphatic carbocycles. The molecule has 2 atom stereocenters. The molecule has 1 saturated carbocycles. The molecule has 1 N–H and O–H groups in total. The number of rotatable bonds is 1. The summed E-state index contributed by atoms with van der Waals surface area (Å²) in [7, 11) is 0. The van der Waals surface area contributed by atoms with Crippen LogP contribution in [0, 0.1) is 6.92 Å². The number of aliphatic hydroxyl groups excluding tert-OH is 1. The maximum atomic E-state index is 10.00. The maximum absolute atomic E-state index is 10.00. The van der Waals surface area contributed by atoms with Crippen molar-refractivity contribution in [1.29, 1.82) is 0 Å². The van der Waals surface area contributed by atoms with Gasteiger partial charge < -0.3 is 9.67 Å². The maximum Gasteiger partial charge on any atom is 0.105 e. The molecular formula is C11H18N2O. The molecule has 2 unspecified atom stereocenters. The van der Waals surface area contributed by atoms with Crippen LogP contribution in [0.15, 0.2) is 12.4 Å². The molecule has 1 heterocycles. The summed E-state index contributed by atoms with van der Waals surface area (Å²) in [5, 5.41) is 10.00. The van der Waals surface area contributed by atoms with E-state index < -0.39 is 0 Å². The van der Waals surface area contributed by atoms with Gasteiger partial charge in [0.1, 0.15) is 5.82 Å². The average molecular weight is 194 g/mol. The number of imidazole rings is 1. The first-order chi connectivity index (χ1) is 6.79. The van der Waals surface area contributed by atoms with E-state index in [-0.39, 0.29) is 12.1 Å². The Bertz CT molecular complexity index is 295. The highest BCUT2D eigenvalue weighted by Gasteiger charge is 2.23. The molecule has 14 heavy (non-hydrogen) atoms. The summed E-state index contributed by atoms with van der Waals surface area (Å²) in [6.45, 7) is 2.00. The average Bonchev–Trinajstić information content (AvgIpc) is 2.46. The number of hydrogen-bond acceptors (Lipinski definition) is 2. The van der Waals surface area contributed by atoms with Crippen molar-refractivity contribution < 1.29 is 5.11 Å². The van der Waals surface area contributed by atoms with Crippen molar-refractivity contribution in [3.05, 3.63) is 18.2 Å². The van der Waals surface area contributed by atoms with E-state index in [1.54, 1.807) is 0 Å². The van der Waals surface area contributed by atoms with Gasteiger partial charge in [-0.1, -0.05) is 19.3 Å². The minimum absolute atomic E-state index is 0.189. The normalized spacial score (nSPS) is 28.7. The van der Waals surface area contributed by atoms with Crippen molar-refractivity contribution in [2.75, 3.05) is 0 Å². The first kappa shape index (κ1) is 9.71. The summed E-state index contributed by atoms with van der Waals surface area (Å²) in [6, 6.07) is 0.250. The first-order valence-electron chi connectivity index (χ1n) is 5.46. The van der Waals surface area contributed by atoms with Gasteiger partial charge in [0, 0.05) is 12.4 Å². The van der Waals surface area contributed by atoms with Crippen LogP contribution in [0.2, 0.25) is 0 Å². The van der Waals surface area contributed by atoms with Gasteiger partial charge in [-0.2, -0.15) is 0 Å². The fourth-order valence-electron chi connectivity index (χ4n) is 2.33. The van der Waals surface area contributed by atoms with Gasteiger partial charge in [0.2, 0.25) is 0 Å². The van der Waals surface area contributed by atoms with Crippen LogP contribution in [0.5, 0.6) is 0 Å². The molecule has 0 spiro atoms. The predicted octanol–water partition coefficient (Wildman–Crippen LogP) is 2.06. The topological polar surface area (TPSA) is 38.0 Å².